The van der Waals surface area contributed by atoms with Crippen LogP contribution in [-0.2, 0) is 28.6 Å². The highest BCUT2D eigenvalue weighted by Crippen LogP contribution is 2.13. The van der Waals surface area contributed by atoms with Gasteiger partial charge in [-0.3, -0.25) is 9.59 Å². The summed E-state index contributed by atoms with van der Waals surface area (Å²) >= 11 is 0. The predicted molar refractivity (Wildman–Crippen MR) is 144 cm³/mol. The van der Waals surface area contributed by atoms with Crippen LogP contribution in [0.4, 0.5) is 0 Å². The van der Waals surface area contributed by atoms with Gasteiger partial charge in [0, 0.05) is 19.3 Å². The first kappa shape index (κ1) is 35.3. The van der Waals surface area contributed by atoms with Gasteiger partial charge in [0.1, 0.15) is 12.6 Å². The third-order valence-electron chi connectivity index (χ3n) is 6.46. The zero-order valence-corrected chi connectivity index (χ0v) is 24.4. The number of ether oxygens (including phenoxy) is 3. The van der Waals surface area contributed by atoms with Crippen LogP contribution in [0.2, 0.25) is 0 Å². The fourth-order valence-electron chi connectivity index (χ4n) is 4.16. The summed E-state index contributed by atoms with van der Waals surface area (Å²) in [5.74, 6) is -1.80. The number of carboxylic acid groups (broad SMARTS) is 1. The van der Waals surface area contributed by atoms with Crippen molar-refractivity contribution in [3.63, 3.8) is 0 Å². The maximum atomic E-state index is 12.4. The van der Waals surface area contributed by atoms with Crippen LogP contribution < -0.4 is 5.11 Å². The second-order valence-electron chi connectivity index (χ2n) is 11.0. The van der Waals surface area contributed by atoms with E-state index in [2.05, 4.69) is 6.92 Å². The van der Waals surface area contributed by atoms with Crippen molar-refractivity contribution in [2.45, 2.75) is 129 Å². The lowest BCUT2D eigenvalue weighted by Crippen LogP contribution is -2.55. The summed E-state index contributed by atoms with van der Waals surface area (Å²) in [6, 6.07) is -0.714. The summed E-state index contributed by atoms with van der Waals surface area (Å²) in [4.78, 5) is 35.5. The zero-order chi connectivity index (χ0) is 27.9. The summed E-state index contributed by atoms with van der Waals surface area (Å²) in [7, 11) is 5.36. The fraction of sp³-hybridized carbons (Fsp3) is 0.897. The van der Waals surface area contributed by atoms with Crippen molar-refractivity contribution in [1.82, 2.24) is 0 Å². The molecule has 0 rings (SSSR count). The van der Waals surface area contributed by atoms with Gasteiger partial charge < -0.3 is 28.6 Å². The molecule has 0 heterocycles. The number of nitrogens with zero attached hydrogens (tertiary/aromatic N) is 1. The fourth-order valence-corrected chi connectivity index (χ4v) is 4.16. The highest BCUT2D eigenvalue weighted by atomic mass is 16.6. The van der Waals surface area contributed by atoms with Crippen molar-refractivity contribution < 1.29 is 38.2 Å². The third-order valence-corrected chi connectivity index (χ3v) is 6.46. The molecule has 0 fully saturated rings. The van der Waals surface area contributed by atoms with Gasteiger partial charge in [0.25, 0.3) is 0 Å². The van der Waals surface area contributed by atoms with Crippen molar-refractivity contribution >= 4 is 17.9 Å². The van der Waals surface area contributed by atoms with E-state index in [1.165, 1.54) is 57.8 Å². The predicted octanol–water partition coefficient (Wildman–Crippen LogP) is 4.56. The number of carbonyl (C=O) groups is 3. The monoisotopic (exact) mass is 529 g/mol. The standard InChI is InChI=1S/C29H55NO7/c1-6-8-9-10-11-12-13-14-15-16-17-18-20-28(32)37-25(24-36-27(31)19-7-2)23-35-22-21-26(29(33)34)30(3,4)5/h25-26H,6-24H2,1-5H3. The topological polar surface area (TPSA) is 102 Å². The maximum absolute atomic E-state index is 12.4. The van der Waals surface area contributed by atoms with Crippen LogP contribution in [0.5, 0.6) is 0 Å². The van der Waals surface area contributed by atoms with Gasteiger partial charge in [0.2, 0.25) is 0 Å². The van der Waals surface area contributed by atoms with Gasteiger partial charge in [-0.15, -0.1) is 0 Å². The Bertz CT molecular complexity index is 604. The molecule has 0 N–H and O–H groups in total. The Morgan fingerprint density at radius 3 is 1.73 bits per heavy atom. The molecule has 0 aromatic heterocycles. The summed E-state index contributed by atoms with van der Waals surface area (Å²) < 4.78 is 16.6. The van der Waals surface area contributed by atoms with E-state index in [9.17, 15) is 19.5 Å². The summed E-state index contributed by atoms with van der Waals surface area (Å²) in [6.07, 6.45) is 15.5. The van der Waals surface area contributed by atoms with Crippen molar-refractivity contribution in [3.8, 4) is 0 Å². The largest absolute Gasteiger partial charge is 0.544 e. The van der Waals surface area contributed by atoms with Gasteiger partial charge in [-0.05, 0) is 12.8 Å². The Labute approximate surface area is 226 Å². The highest BCUT2D eigenvalue weighted by Gasteiger charge is 2.25. The minimum Gasteiger partial charge on any atom is -0.544 e. The Hall–Kier alpha value is -1.67. The molecule has 0 aliphatic rings. The van der Waals surface area contributed by atoms with E-state index in [1.54, 1.807) is 21.1 Å². The second-order valence-corrected chi connectivity index (χ2v) is 11.0. The molecule has 0 aromatic rings. The molecule has 218 valence electrons. The van der Waals surface area contributed by atoms with Gasteiger partial charge in [0.05, 0.1) is 40.3 Å². The van der Waals surface area contributed by atoms with Gasteiger partial charge in [-0.1, -0.05) is 84.5 Å². The Morgan fingerprint density at radius 1 is 0.703 bits per heavy atom. The van der Waals surface area contributed by atoms with E-state index in [-0.39, 0.29) is 42.7 Å². The molecule has 0 aromatic carbocycles. The molecular weight excluding hydrogens is 474 g/mol. The second kappa shape index (κ2) is 22.3. The molecule has 8 heteroatoms. The molecule has 0 saturated carbocycles. The number of carboxylic acids is 1. The molecule has 0 spiro atoms. The van der Waals surface area contributed by atoms with E-state index < -0.39 is 18.1 Å². The van der Waals surface area contributed by atoms with Gasteiger partial charge in [-0.25, -0.2) is 0 Å². The van der Waals surface area contributed by atoms with Gasteiger partial charge in [0.15, 0.2) is 6.10 Å². The van der Waals surface area contributed by atoms with Crippen LogP contribution in [0.3, 0.4) is 0 Å². The van der Waals surface area contributed by atoms with Crippen LogP contribution in [0.15, 0.2) is 0 Å². The molecule has 37 heavy (non-hydrogen) atoms. The van der Waals surface area contributed by atoms with Crippen LogP contribution in [0.1, 0.15) is 117 Å². The highest BCUT2D eigenvalue weighted by molar-refractivity contribution is 5.70. The zero-order valence-electron chi connectivity index (χ0n) is 24.4. The van der Waals surface area contributed by atoms with Crippen molar-refractivity contribution in [1.29, 1.82) is 0 Å². The SMILES string of the molecule is CCCCCCCCCCCCCCC(=O)OC(COCCC(C(=O)[O-])[N+](C)(C)C)COC(=O)CCC. The number of carbonyl (C=O) groups excluding carboxylic acids is 3. The number of aliphatic carboxylic acids is 1. The number of esters is 2. The summed E-state index contributed by atoms with van der Waals surface area (Å²) in [5.41, 5.74) is 0. The molecular formula is C29H55NO7. The van der Waals surface area contributed by atoms with E-state index in [0.29, 0.717) is 19.3 Å². The normalized spacial score (nSPS) is 13.2. The molecule has 0 amide bonds. The van der Waals surface area contributed by atoms with Crippen LogP contribution >= 0.6 is 0 Å². The van der Waals surface area contributed by atoms with Gasteiger partial charge >= 0.3 is 11.9 Å². The number of unbranched alkanes of at least 4 members (excludes halogenated alkanes) is 11. The minimum atomic E-state index is -1.13. The first-order valence-electron chi connectivity index (χ1n) is 14.6. The molecule has 2 atom stereocenters. The van der Waals surface area contributed by atoms with Crippen LogP contribution in [-0.4, -0.2) is 75.5 Å². The lowest BCUT2D eigenvalue weighted by molar-refractivity contribution is -0.889. The lowest BCUT2D eigenvalue weighted by Gasteiger charge is -2.34. The van der Waals surface area contributed by atoms with E-state index in [4.69, 9.17) is 14.2 Å². The van der Waals surface area contributed by atoms with E-state index >= 15 is 0 Å². The molecule has 0 aliphatic heterocycles. The number of rotatable bonds is 25. The quantitative estimate of drug-likeness (QED) is 0.0970. The first-order chi connectivity index (χ1) is 17.6. The van der Waals surface area contributed by atoms with Crippen LogP contribution in [0.25, 0.3) is 0 Å². The Balaban J connectivity index is 4.25. The first-order valence-corrected chi connectivity index (χ1v) is 14.6. The number of hydrogen-bond acceptors (Lipinski definition) is 7. The van der Waals surface area contributed by atoms with Crippen molar-refractivity contribution in [2.75, 3.05) is 41.0 Å². The number of quaternary nitrogens is 1. The van der Waals surface area contributed by atoms with Gasteiger partial charge in [-0.2, -0.15) is 0 Å². The Kier molecular flexibility index (Phi) is 21.3. The van der Waals surface area contributed by atoms with Crippen molar-refractivity contribution in [3.05, 3.63) is 0 Å². The average Bonchev–Trinajstić information content (AvgIpc) is 2.82. The summed E-state index contributed by atoms with van der Waals surface area (Å²) in [6.45, 7) is 4.27. The molecule has 0 bridgehead atoms. The summed E-state index contributed by atoms with van der Waals surface area (Å²) in [5, 5.41) is 11.4. The molecule has 0 radical (unpaired) electrons. The molecule has 0 aliphatic carbocycles. The maximum Gasteiger partial charge on any atom is 0.306 e. The lowest BCUT2D eigenvalue weighted by atomic mass is 10.0. The smallest absolute Gasteiger partial charge is 0.306 e. The molecule has 8 nitrogen and oxygen atoms in total. The molecule has 2 unspecified atom stereocenters. The average molecular weight is 530 g/mol. The number of likely N-dealkylation sites (N-methyl/N-ethyl adjacent to an activating group) is 1. The van der Waals surface area contributed by atoms with E-state index in [0.717, 1.165) is 19.3 Å². The Morgan fingerprint density at radius 2 is 1.24 bits per heavy atom. The number of hydrogen-bond donors (Lipinski definition) is 0. The van der Waals surface area contributed by atoms with E-state index in [1.807, 2.05) is 6.92 Å². The minimum absolute atomic E-state index is 0.0422. The third kappa shape index (κ3) is 21.0. The molecule has 0 saturated heterocycles. The van der Waals surface area contributed by atoms with Crippen LogP contribution in [0, 0.1) is 0 Å². The van der Waals surface area contributed by atoms with Crippen molar-refractivity contribution in [2.24, 2.45) is 0 Å².